The number of allylic oxidation sites excluding steroid dienone is 2. The summed E-state index contributed by atoms with van der Waals surface area (Å²) in [6.45, 7) is 2.17. The van der Waals surface area contributed by atoms with E-state index in [-0.39, 0.29) is 0 Å². The third kappa shape index (κ3) is 2.27. The summed E-state index contributed by atoms with van der Waals surface area (Å²) < 4.78 is 0. The van der Waals surface area contributed by atoms with Crippen LogP contribution in [-0.4, -0.2) is 0 Å². The SMILES string of the molecule is CC/C=C/Cc1cccc2ccccc12. The van der Waals surface area contributed by atoms with E-state index in [0.717, 1.165) is 12.8 Å². The van der Waals surface area contributed by atoms with E-state index >= 15 is 0 Å². The van der Waals surface area contributed by atoms with Crippen LogP contribution in [0, 0.1) is 0 Å². The first-order chi connectivity index (χ1) is 7.42. The molecule has 15 heavy (non-hydrogen) atoms. The molecule has 0 N–H and O–H groups in total. The van der Waals surface area contributed by atoms with Crippen LogP contribution < -0.4 is 0 Å². The molecule has 0 saturated carbocycles. The van der Waals surface area contributed by atoms with Gasteiger partial charge in [0.25, 0.3) is 0 Å². The van der Waals surface area contributed by atoms with E-state index in [1.165, 1.54) is 16.3 Å². The molecule has 0 aliphatic carbocycles. The predicted octanol–water partition coefficient (Wildman–Crippen LogP) is 4.35. The molecule has 0 aliphatic rings. The minimum Gasteiger partial charge on any atom is -0.0885 e. The van der Waals surface area contributed by atoms with Crippen molar-refractivity contribution in [2.75, 3.05) is 0 Å². The standard InChI is InChI=1S/C15H16/c1-2-3-4-8-13-10-7-11-14-9-5-6-12-15(13)14/h3-7,9-12H,2,8H2,1H3/b4-3+. The highest BCUT2D eigenvalue weighted by atomic mass is 14.0. The van der Waals surface area contributed by atoms with Crippen LogP contribution in [-0.2, 0) is 6.42 Å². The van der Waals surface area contributed by atoms with Crippen molar-refractivity contribution in [2.45, 2.75) is 19.8 Å². The maximum Gasteiger partial charge on any atom is -0.00913 e. The van der Waals surface area contributed by atoms with Crippen LogP contribution in [0.2, 0.25) is 0 Å². The minimum absolute atomic E-state index is 1.04. The Labute approximate surface area is 91.2 Å². The molecule has 0 heterocycles. The van der Waals surface area contributed by atoms with E-state index in [1.807, 2.05) is 0 Å². The lowest BCUT2D eigenvalue weighted by atomic mass is 10.0. The summed E-state index contributed by atoms with van der Waals surface area (Å²) in [6.07, 6.45) is 6.63. The molecule has 2 aromatic rings. The van der Waals surface area contributed by atoms with Crippen LogP contribution in [0.1, 0.15) is 18.9 Å². The highest BCUT2D eigenvalue weighted by Gasteiger charge is 1.96. The monoisotopic (exact) mass is 196 g/mol. The van der Waals surface area contributed by atoms with Crippen LogP contribution in [0.4, 0.5) is 0 Å². The van der Waals surface area contributed by atoms with Gasteiger partial charge in [0.15, 0.2) is 0 Å². The lowest BCUT2D eigenvalue weighted by Crippen LogP contribution is -1.83. The van der Waals surface area contributed by atoms with Gasteiger partial charge in [-0.15, -0.1) is 0 Å². The molecule has 0 spiro atoms. The van der Waals surface area contributed by atoms with Gasteiger partial charge in [-0.1, -0.05) is 61.5 Å². The molecule has 76 valence electrons. The molecule has 0 fully saturated rings. The van der Waals surface area contributed by atoms with Gasteiger partial charge in [-0.25, -0.2) is 0 Å². The summed E-state index contributed by atoms with van der Waals surface area (Å²) in [6, 6.07) is 15.1. The first-order valence-corrected chi connectivity index (χ1v) is 5.53. The van der Waals surface area contributed by atoms with E-state index in [2.05, 4.69) is 61.5 Å². The fourth-order valence-electron chi connectivity index (χ4n) is 1.85. The van der Waals surface area contributed by atoms with Gasteiger partial charge in [0.2, 0.25) is 0 Å². The third-order valence-electron chi connectivity index (χ3n) is 2.62. The molecule has 0 radical (unpaired) electrons. The molecule has 0 unspecified atom stereocenters. The Hall–Kier alpha value is -1.56. The van der Waals surface area contributed by atoms with E-state index in [1.54, 1.807) is 0 Å². The van der Waals surface area contributed by atoms with Crippen LogP contribution in [0.15, 0.2) is 54.6 Å². The average Bonchev–Trinajstić information content (AvgIpc) is 2.30. The van der Waals surface area contributed by atoms with Gasteiger partial charge in [-0.3, -0.25) is 0 Å². The van der Waals surface area contributed by atoms with Crippen molar-refractivity contribution in [1.29, 1.82) is 0 Å². The molecule has 0 amide bonds. The summed E-state index contributed by atoms with van der Waals surface area (Å²) >= 11 is 0. The maximum atomic E-state index is 2.25. The molecule has 2 rings (SSSR count). The van der Waals surface area contributed by atoms with Gasteiger partial charge in [0.05, 0.1) is 0 Å². The Kier molecular flexibility index (Phi) is 3.18. The first-order valence-electron chi connectivity index (χ1n) is 5.53. The summed E-state index contributed by atoms with van der Waals surface area (Å²) in [5, 5.41) is 2.71. The zero-order valence-corrected chi connectivity index (χ0v) is 9.11. The normalized spacial score (nSPS) is 11.3. The smallest absolute Gasteiger partial charge is 0.00913 e. The van der Waals surface area contributed by atoms with Crippen molar-refractivity contribution in [2.24, 2.45) is 0 Å². The highest BCUT2D eigenvalue weighted by molar-refractivity contribution is 5.85. The van der Waals surface area contributed by atoms with Gasteiger partial charge in [-0.05, 0) is 29.2 Å². The topological polar surface area (TPSA) is 0 Å². The largest absolute Gasteiger partial charge is 0.0885 e. The summed E-state index contributed by atoms with van der Waals surface area (Å²) in [5.41, 5.74) is 1.41. The van der Waals surface area contributed by atoms with Crippen LogP contribution in [0.5, 0.6) is 0 Å². The van der Waals surface area contributed by atoms with Crippen LogP contribution in [0.3, 0.4) is 0 Å². The second-order valence-corrected chi connectivity index (χ2v) is 3.72. The van der Waals surface area contributed by atoms with Crippen molar-refractivity contribution >= 4 is 10.8 Å². The van der Waals surface area contributed by atoms with Crippen molar-refractivity contribution < 1.29 is 0 Å². The van der Waals surface area contributed by atoms with Crippen molar-refractivity contribution in [3.8, 4) is 0 Å². The molecule has 0 heteroatoms. The molecule has 0 aromatic heterocycles. The van der Waals surface area contributed by atoms with Crippen molar-refractivity contribution in [3.63, 3.8) is 0 Å². The Morgan fingerprint density at radius 2 is 1.73 bits per heavy atom. The summed E-state index contributed by atoms with van der Waals surface area (Å²) in [5.74, 6) is 0. The molecule has 0 saturated heterocycles. The van der Waals surface area contributed by atoms with E-state index in [4.69, 9.17) is 0 Å². The molecule has 0 nitrogen and oxygen atoms in total. The lowest BCUT2D eigenvalue weighted by Gasteiger charge is -2.03. The Bertz CT molecular complexity index is 461. The van der Waals surface area contributed by atoms with Gasteiger partial charge in [-0.2, -0.15) is 0 Å². The molecule has 0 bridgehead atoms. The quantitative estimate of drug-likeness (QED) is 0.640. The number of fused-ring (bicyclic) bond motifs is 1. The second-order valence-electron chi connectivity index (χ2n) is 3.72. The van der Waals surface area contributed by atoms with Crippen molar-refractivity contribution in [3.05, 3.63) is 60.2 Å². The van der Waals surface area contributed by atoms with Gasteiger partial charge in [0, 0.05) is 0 Å². The van der Waals surface area contributed by atoms with Crippen LogP contribution >= 0.6 is 0 Å². The minimum atomic E-state index is 1.04. The van der Waals surface area contributed by atoms with Crippen molar-refractivity contribution in [1.82, 2.24) is 0 Å². The predicted molar refractivity (Wildman–Crippen MR) is 67.1 cm³/mol. The number of benzene rings is 2. The van der Waals surface area contributed by atoms with Gasteiger partial charge in [0.1, 0.15) is 0 Å². The van der Waals surface area contributed by atoms with Crippen LogP contribution in [0.25, 0.3) is 10.8 Å². The number of hydrogen-bond donors (Lipinski definition) is 0. The first kappa shape index (κ1) is 9.97. The molecule has 2 aromatic carbocycles. The van der Waals surface area contributed by atoms with E-state index in [9.17, 15) is 0 Å². The Morgan fingerprint density at radius 3 is 2.60 bits per heavy atom. The molecular formula is C15H16. The number of rotatable bonds is 3. The fourth-order valence-corrected chi connectivity index (χ4v) is 1.85. The maximum absolute atomic E-state index is 2.25. The molecule has 0 aliphatic heterocycles. The third-order valence-corrected chi connectivity index (χ3v) is 2.62. The fraction of sp³-hybridized carbons (Fsp3) is 0.200. The van der Waals surface area contributed by atoms with E-state index < -0.39 is 0 Å². The zero-order valence-electron chi connectivity index (χ0n) is 9.11. The molecular weight excluding hydrogens is 180 g/mol. The highest BCUT2D eigenvalue weighted by Crippen LogP contribution is 2.18. The number of hydrogen-bond acceptors (Lipinski definition) is 0. The second kappa shape index (κ2) is 4.79. The molecule has 0 atom stereocenters. The Morgan fingerprint density at radius 1 is 0.933 bits per heavy atom. The van der Waals surface area contributed by atoms with Gasteiger partial charge < -0.3 is 0 Å². The summed E-state index contributed by atoms with van der Waals surface area (Å²) in [4.78, 5) is 0. The zero-order chi connectivity index (χ0) is 10.5. The van der Waals surface area contributed by atoms with Gasteiger partial charge >= 0.3 is 0 Å². The van der Waals surface area contributed by atoms with E-state index in [0.29, 0.717) is 0 Å². The lowest BCUT2D eigenvalue weighted by molar-refractivity contribution is 1.18. The Balaban J connectivity index is 2.38. The summed E-state index contributed by atoms with van der Waals surface area (Å²) in [7, 11) is 0. The average molecular weight is 196 g/mol.